The zero-order chi connectivity index (χ0) is 17.5. The molecule has 0 spiro atoms. The van der Waals surface area contributed by atoms with Crippen LogP contribution in [-0.4, -0.2) is 54.3 Å². The van der Waals surface area contributed by atoms with E-state index < -0.39 is 6.04 Å². The Kier molecular flexibility index (Phi) is 6.73. The average Bonchev–Trinajstić information content (AvgIpc) is 2.55. The van der Waals surface area contributed by atoms with E-state index in [1.165, 1.54) is 12.1 Å². The van der Waals surface area contributed by atoms with Crippen LogP contribution in [0.4, 0.5) is 4.39 Å². The van der Waals surface area contributed by atoms with Crippen LogP contribution >= 0.6 is 0 Å². The Balaban J connectivity index is 2.03. The molecule has 132 valence electrons. The van der Waals surface area contributed by atoms with Gasteiger partial charge in [0.1, 0.15) is 5.82 Å². The fourth-order valence-corrected chi connectivity index (χ4v) is 2.88. The lowest BCUT2D eigenvalue weighted by Crippen LogP contribution is -2.56. The van der Waals surface area contributed by atoms with Crippen molar-refractivity contribution in [2.45, 2.75) is 38.8 Å². The van der Waals surface area contributed by atoms with Gasteiger partial charge in [-0.05, 0) is 24.1 Å². The molecule has 1 aromatic rings. The lowest BCUT2D eigenvalue weighted by Gasteiger charge is -2.35. The standard InChI is InChI=1S/C18H26FN3O2/c1-3-4-9-21(2)17(23)12-16-18(24)20-8-10-22(16)13-14-6-5-7-15(19)11-14/h5-7,11,16H,3-4,8-10,12-13H2,1-2H3,(H,20,24). The van der Waals surface area contributed by atoms with Crippen LogP contribution in [0.25, 0.3) is 0 Å². The van der Waals surface area contributed by atoms with Gasteiger partial charge in [-0.15, -0.1) is 0 Å². The number of carbonyl (C=O) groups excluding carboxylic acids is 2. The number of amides is 2. The first-order chi connectivity index (χ1) is 11.5. The van der Waals surface area contributed by atoms with E-state index in [9.17, 15) is 14.0 Å². The van der Waals surface area contributed by atoms with Gasteiger partial charge in [0.05, 0.1) is 12.5 Å². The van der Waals surface area contributed by atoms with Crippen LogP contribution in [0.3, 0.4) is 0 Å². The number of benzene rings is 1. The highest BCUT2D eigenvalue weighted by Crippen LogP contribution is 2.15. The van der Waals surface area contributed by atoms with Gasteiger partial charge >= 0.3 is 0 Å². The molecule has 0 radical (unpaired) electrons. The molecule has 2 amide bonds. The summed E-state index contributed by atoms with van der Waals surface area (Å²) in [4.78, 5) is 28.3. The van der Waals surface area contributed by atoms with Crippen LogP contribution in [-0.2, 0) is 16.1 Å². The highest BCUT2D eigenvalue weighted by atomic mass is 19.1. The Morgan fingerprint density at radius 3 is 2.96 bits per heavy atom. The van der Waals surface area contributed by atoms with Gasteiger partial charge in [0.2, 0.25) is 11.8 Å². The monoisotopic (exact) mass is 335 g/mol. The highest BCUT2D eigenvalue weighted by Gasteiger charge is 2.32. The number of rotatable bonds is 7. The molecule has 6 heteroatoms. The van der Waals surface area contributed by atoms with E-state index in [0.717, 1.165) is 18.4 Å². The molecule has 0 aromatic heterocycles. The zero-order valence-electron chi connectivity index (χ0n) is 14.4. The minimum atomic E-state index is -0.501. The van der Waals surface area contributed by atoms with E-state index in [4.69, 9.17) is 0 Å². The second kappa shape index (κ2) is 8.78. The highest BCUT2D eigenvalue weighted by molar-refractivity contribution is 5.88. The third-order valence-electron chi connectivity index (χ3n) is 4.36. The van der Waals surface area contributed by atoms with E-state index in [-0.39, 0.29) is 24.1 Å². The third kappa shape index (κ3) is 5.03. The fraction of sp³-hybridized carbons (Fsp3) is 0.556. The molecule has 1 aliphatic heterocycles. The van der Waals surface area contributed by atoms with Gasteiger partial charge in [-0.25, -0.2) is 4.39 Å². The molecular formula is C18H26FN3O2. The first-order valence-electron chi connectivity index (χ1n) is 8.51. The summed E-state index contributed by atoms with van der Waals surface area (Å²) in [5.41, 5.74) is 0.807. The van der Waals surface area contributed by atoms with Crippen molar-refractivity contribution in [3.8, 4) is 0 Å². The van der Waals surface area contributed by atoms with E-state index in [0.29, 0.717) is 26.2 Å². The Hall–Kier alpha value is -1.95. The first kappa shape index (κ1) is 18.4. The summed E-state index contributed by atoms with van der Waals surface area (Å²) in [7, 11) is 1.77. The smallest absolute Gasteiger partial charge is 0.237 e. The molecule has 24 heavy (non-hydrogen) atoms. The van der Waals surface area contributed by atoms with Crippen LogP contribution < -0.4 is 5.32 Å². The summed E-state index contributed by atoms with van der Waals surface area (Å²) < 4.78 is 13.4. The van der Waals surface area contributed by atoms with Gasteiger partial charge in [0.15, 0.2) is 0 Å². The lowest BCUT2D eigenvalue weighted by molar-refractivity contribution is -0.138. The number of piperazine rings is 1. The Morgan fingerprint density at radius 1 is 1.46 bits per heavy atom. The number of hydrogen-bond acceptors (Lipinski definition) is 3. The maximum atomic E-state index is 13.4. The molecule has 0 aliphatic carbocycles. The molecule has 1 unspecified atom stereocenters. The molecule has 2 rings (SSSR count). The summed E-state index contributed by atoms with van der Waals surface area (Å²) in [5, 5.41) is 2.82. The van der Waals surface area contributed by atoms with Crippen molar-refractivity contribution >= 4 is 11.8 Å². The predicted molar refractivity (Wildman–Crippen MR) is 90.8 cm³/mol. The maximum Gasteiger partial charge on any atom is 0.237 e. The number of hydrogen-bond donors (Lipinski definition) is 1. The van der Waals surface area contributed by atoms with Gasteiger partial charge in [-0.2, -0.15) is 0 Å². The molecule has 1 aliphatic rings. The molecule has 0 bridgehead atoms. The number of nitrogens with one attached hydrogen (secondary N) is 1. The van der Waals surface area contributed by atoms with Gasteiger partial charge in [-0.3, -0.25) is 14.5 Å². The molecule has 1 N–H and O–H groups in total. The molecule has 1 fully saturated rings. The van der Waals surface area contributed by atoms with Crippen LogP contribution in [0.15, 0.2) is 24.3 Å². The Labute approximate surface area is 142 Å². The van der Waals surface area contributed by atoms with Gasteiger partial charge in [0.25, 0.3) is 0 Å². The third-order valence-corrected chi connectivity index (χ3v) is 4.36. The van der Waals surface area contributed by atoms with Crippen molar-refractivity contribution in [3.63, 3.8) is 0 Å². The molecule has 1 heterocycles. The van der Waals surface area contributed by atoms with E-state index >= 15 is 0 Å². The summed E-state index contributed by atoms with van der Waals surface area (Å²) in [6.45, 7) is 4.44. The SMILES string of the molecule is CCCCN(C)C(=O)CC1C(=O)NCCN1Cc1cccc(F)c1. The van der Waals surface area contributed by atoms with Crippen LogP contribution in [0.1, 0.15) is 31.7 Å². The topological polar surface area (TPSA) is 52.7 Å². The molecular weight excluding hydrogens is 309 g/mol. The molecule has 5 nitrogen and oxygen atoms in total. The predicted octanol–water partition coefficient (Wildman–Crippen LogP) is 1.77. The summed E-state index contributed by atoms with van der Waals surface area (Å²) in [5.74, 6) is -0.453. The maximum absolute atomic E-state index is 13.4. The van der Waals surface area contributed by atoms with Crippen molar-refractivity contribution in [2.75, 3.05) is 26.7 Å². The first-order valence-corrected chi connectivity index (χ1v) is 8.51. The van der Waals surface area contributed by atoms with Gasteiger partial charge < -0.3 is 10.2 Å². The Bertz CT molecular complexity index is 579. The molecule has 1 saturated heterocycles. The second-order valence-corrected chi connectivity index (χ2v) is 6.28. The fourth-order valence-electron chi connectivity index (χ4n) is 2.88. The number of unbranched alkanes of at least 4 members (excludes halogenated alkanes) is 1. The van der Waals surface area contributed by atoms with Crippen molar-refractivity contribution in [2.24, 2.45) is 0 Å². The number of halogens is 1. The summed E-state index contributed by atoms with van der Waals surface area (Å²) >= 11 is 0. The normalized spacial score (nSPS) is 18.3. The largest absolute Gasteiger partial charge is 0.353 e. The van der Waals surface area contributed by atoms with Gasteiger partial charge in [-0.1, -0.05) is 25.5 Å². The lowest BCUT2D eigenvalue weighted by atomic mass is 10.1. The zero-order valence-corrected chi connectivity index (χ0v) is 14.4. The minimum absolute atomic E-state index is 0.0326. The number of nitrogens with zero attached hydrogens (tertiary/aromatic N) is 2. The minimum Gasteiger partial charge on any atom is -0.353 e. The molecule has 0 saturated carbocycles. The summed E-state index contributed by atoms with van der Waals surface area (Å²) in [6.07, 6.45) is 2.13. The average molecular weight is 335 g/mol. The second-order valence-electron chi connectivity index (χ2n) is 6.28. The van der Waals surface area contributed by atoms with Gasteiger partial charge in [0, 0.05) is 33.2 Å². The van der Waals surface area contributed by atoms with Crippen LogP contribution in [0, 0.1) is 5.82 Å². The van der Waals surface area contributed by atoms with E-state index in [1.54, 1.807) is 18.0 Å². The van der Waals surface area contributed by atoms with E-state index in [2.05, 4.69) is 12.2 Å². The Morgan fingerprint density at radius 2 is 2.25 bits per heavy atom. The molecule has 1 aromatic carbocycles. The quantitative estimate of drug-likeness (QED) is 0.826. The van der Waals surface area contributed by atoms with Crippen molar-refractivity contribution in [1.82, 2.24) is 15.1 Å². The summed E-state index contributed by atoms with van der Waals surface area (Å²) in [6, 6.07) is 5.86. The van der Waals surface area contributed by atoms with Crippen LogP contribution in [0.5, 0.6) is 0 Å². The molecule has 1 atom stereocenters. The van der Waals surface area contributed by atoms with E-state index in [1.807, 2.05) is 11.0 Å². The van der Waals surface area contributed by atoms with Crippen molar-refractivity contribution in [3.05, 3.63) is 35.6 Å². The number of carbonyl (C=O) groups is 2. The van der Waals surface area contributed by atoms with Crippen molar-refractivity contribution < 1.29 is 14.0 Å². The van der Waals surface area contributed by atoms with Crippen molar-refractivity contribution in [1.29, 1.82) is 0 Å². The van der Waals surface area contributed by atoms with Crippen LogP contribution in [0.2, 0.25) is 0 Å².